The smallest absolute Gasteiger partial charge is 0.319 e. The molecule has 0 radical (unpaired) electrons. The molecule has 1 aliphatic heterocycles. The van der Waals surface area contributed by atoms with Crippen LogP contribution in [0, 0.1) is 0 Å². The monoisotopic (exact) mass is 333 g/mol. The number of carbonyl (C=O) groups is 1. The molecule has 3 rings (SSSR count). The highest BCUT2D eigenvalue weighted by atomic mass is 32.2. The number of aryl methyl sites for hydroxylation is 1. The summed E-state index contributed by atoms with van der Waals surface area (Å²) in [7, 11) is -1.08. The van der Waals surface area contributed by atoms with Crippen LogP contribution in [0.1, 0.15) is 24.5 Å². The number of rotatable bonds is 4. The summed E-state index contributed by atoms with van der Waals surface area (Å²) in [5.41, 5.74) is 0.610. The van der Waals surface area contributed by atoms with E-state index in [2.05, 4.69) is 25.4 Å². The van der Waals surface area contributed by atoms with Crippen LogP contribution in [-0.4, -0.2) is 31.3 Å². The van der Waals surface area contributed by atoms with Crippen LogP contribution in [0.15, 0.2) is 29.2 Å². The van der Waals surface area contributed by atoms with Gasteiger partial charge in [-0.2, -0.15) is 0 Å². The van der Waals surface area contributed by atoms with Gasteiger partial charge in [0.15, 0.2) is 5.82 Å². The maximum Gasteiger partial charge on any atom is 0.319 e. The molecule has 7 nitrogen and oxygen atoms in total. The van der Waals surface area contributed by atoms with Gasteiger partial charge in [-0.3, -0.25) is 4.21 Å². The zero-order valence-electron chi connectivity index (χ0n) is 12.9. The highest BCUT2D eigenvalue weighted by molar-refractivity contribution is 7.84. The third kappa shape index (κ3) is 3.76. The number of aromatic nitrogens is 3. The van der Waals surface area contributed by atoms with Crippen molar-refractivity contribution in [1.82, 2.24) is 20.1 Å². The summed E-state index contributed by atoms with van der Waals surface area (Å²) in [4.78, 5) is 12.7. The first kappa shape index (κ1) is 15.7. The predicted molar refractivity (Wildman–Crippen MR) is 87.6 cm³/mol. The van der Waals surface area contributed by atoms with Crippen molar-refractivity contribution in [3.05, 3.63) is 35.9 Å². The minimum atomic E-state index is -1.08. The van der Waals surface area contributed by atoms with E-state index >= 15 is 0 Å². The van der Waals surface area contributed by atoms with Gasteiger partial charge in [-0.1, -0.05) is 6.07 Å². The van der Waals surface area contributed by atoms with Crippen molar-refractivity contribution in [1.29, 1.82) is 0 Å². The molecule has 0 aliphatic carbocycles. The normalized spacial score (nSPS) is 14.8. The van der Waals surface area contributed by atoms with Crippen molar-refractivity contribution in [2.75, 3.05) is 11.6 Å². The standard InChI is InChI=1S/C15H19N5O2S/c1-23(22)12-6-4-5-11(9-12)17-15(21)16-10-14-19-18-13-7-2-3-8-20(13)14/h4-6,9H,2-3,7-8,10H2,1H3,(H2,16,17,21)/t23-/m0/s1. The molecule has 23 heavy (non-hydrogen) atoms. The first-order valence-corrected chi connectivity index (χ1v) is 9.08. The van der Waals surface area contributed by atoms with Crippen LogP contribution in [0.3, 0.4) is 0 Å². The van der Waals surface area contributed by atoms with Crippen molar-refractivity contribution in [2.24, 2.45) is 0 Å². The largest absolute Gasteiger partial charge is 0.331 e. The molecule has 1 aliphatic rings. The van der Waals surface area contributed by atoms with Crippen LogP contribution < -0.4 is 10.6 Å². The summed E-state index contributed by atoms with van der Waals surface area (Å²) in [6.45, 7) is 1.24. The van der Waals surface area contributed by atoms with Crippen molar-refractivity contribution >= 4 is 22.5 Å². The van der Waals surface area contributed by atoms with Crippen molar-refractivity contribution < 1.29 is 9.00 Å². The molecule has 2 N–H and O–H groups in total. The molecule has 1 atom stereocenters. The van der Waals surface area contributed by atoms with Crippen LogP contribution in [0.25, 0.3) is 0 Å². The Hall–Kier alpha value is -2.22. The highest BCUT2D eigenvalue weighted by Gasteiger charge is 2.16. The Morgan fingerprint density at radius 2 is 2.22 bits per heavy atom. The second-order valence-electron chi connectivity index (χ2n) is 5.43. The quantitative estimate of drug-likeness (QED) is 0.891. The summed E-state index contributed by atoms with van der Waals surface area (Å²) < 4.78 is 13.5. The Kier molecular flexibility index (Phi) is 4.71. The topological polar surface area (TPSA) is 88.9 Å². The minimum absolute atomic E-state index is 0.322. The van der Waals surface area contributed by atoms with E-state index in [4.69, 9.17) is 0 Å². The Morgan fingerprint density at radius 3 is 3.04 bits per heavy atom. The lowest BCUT2D eigenvalue weighted by Gasteiger charge is -2.15. The fraction of sp³-hybridized carbons (Fsp3) is 0.400. The van der Waals surface area contributed by atoms with Crippen LogP contribution in [0.2, 0.25) is 0 Å². The fourth-order valence-electron chi connectivity index (χ4n) is 2.59. The van der Waals surface area contributed by atoms with Gasteiger partial charge in [-0.15, -0.1) is 10.2 Å². The molecular formula is C15H19N5O2S. The number of nitrogens with zero attached hydrogens (tertiary/aromatic N) is 3. The average molecular weight is 333 g/mol. The number of hydrogen-bond donors (Lipinski definition) is 2. The van der Waals surface area contributed by atoms with Gasteiger partial charge in [0, 0.05) is 40.6 Å². The molecule has 0 saturated carbocycles. The number of hydrogen-bond acceptors (Lipinski definition) is 4. The van der Waals surface area contributed by atoms with E-state index < -0.39 is 10.8 Å². The van der Waals surface area contributed by atoms with Gasteiger partial charge >= 0.3 is 6.03 Å². The zero-order chi connectivity index (χ0) is 16.2. The van der Waals surface area contributed by atoms with Crippen molar-refractivity contribution in [3.8, 4) is 0 Å². The third-order valence-corrected chi connectivity index (χ3v) is 4.68. The lowest BCUT2D eigenvalue weighted by molar-refractivity contribution is 0.251. The molecule has 1 aromatic heterocycles. The van der Waals surface area contributed by atoms with Crippen molar-refractivity contribution in [2.45, 2.75) is 37.2 Å². The van der Waals surface area contributed by atoms with E-state index in [1.807, 2.05) is 0 Å². The van der Waals surface area contributed by atoms with Crippen LogP contribution in [0.5, 0.6) is 0 Å². The second-order valence-corrected chi connectivity index (χ2v) is 6.81. The molecule has 0 saturated heterocycles. The first-order valence-electron chi connectivity index (χ1n) is 7.53. The van der Waals surface area contributed by atoms with E-state index in [0.717, 1.165) is 37.5 Å². The van der Waals surface area contributed by atoms with E-state index in [1.54, 1.807) is 30.5 Å². The lowest BCUT2D eigenvalue weighted by Crippen LogP contribution is -2.30. The fourth-order valence-corrected chi connectivity index (χ4v) is 3.15. The summed E-state index contributed by atoms with van der Waals surface area (Å²) in [5.74, 6) is 1.77. The average Bonchev–Trinajstić information content (AvgIpc) is 2.96. The third-order valence-electron chi connectivity index (χ3n) is 3.77. The van der Waals surface area contributed by atoms with Gasteiger partial charge in [-0.05, 0) is 31.0 Å². The Balaban J connectivity index is 1.59. The molecule has 0 spiro atoms. The van der Waals surface area contributed by atoms with Crippen LogP contribution in [0.4, 0.5) is 10.5 Å². The number of anilines is 1. The van der Waals surface area contributed by atoms with E-state index in [0.29, 0.717) is 17.1 Å². The van der Waals surface area contributed by atoms with Gasteiger partial charge in [0.05, 0.1) is 6.54 Å². The molecule has 2 amide bonds. The second kappa shape index (κ2) is 6.91. The summed E-state index contributed by atoms with van der Waals surface area (Å²) >= 11 is 0. The van der Waals surface area contributed by atoms with Crippen LogP contribution >= 0.6 is 0 Å². The molecule has 8 heteroatoms. The summed E-state index contributed by atoms with van der Waals surface area (Å²) in [6.07, 6.45) is 4.81. The van der Waals surface area contributed by atoms with Crippen molar-refractivity contribution in [3.63, 3.8) is 0 Å². The number of amides is 2. The molecule has 0 bridgehead atoms. The molecule has 2 aromatic rings. The van der Waals surface area contributed by atoms with E-state index in [9.17, 15) is 9.00 Å². The van der Waals surface area contributed by atoms with Gasteiger partial charge in [0.25, 0.3) is 0 Å². The lowest BCUT2D eigenvalue weighted by atomic mass is 10.2. The predicted octanol–water partition coefficient (Wildman–Crippen LogP) is 1.67. The number of carbonyl (C=O) groups excluding carboxylic acids is 1. The SMILES string of the molecule is C[S@](=O)c1cccc(NC(=O)NCc2nnc3n2CCCC3)c1. The maximum absolute atomic E-state index is 12.0. The highest BCUT2D eigenvalue weighted by Crippen LogP contribution is 2.15. The van der Waals surface area contributed by atoms with Gasteiger partial charge < -0.3 is 15.2 Å². The number of fused-ring (bicyclic) bond motifs is 1. The summed E-state index contributed by atoms with van der Waals surface area (Å²) in [6, 6.07) is 6.67. The Labute approximate surface area is 136 Å². The minimum Gasteiger partial charge on any atom is -0.331 e. The van der Waals surface area contributed by atoms with Crippen LogP contribution in [-0.2, 0) is 30.3 Å². The molecule has 122 valence electrons. The maximum atomic E-state index is 12.0. The molecule has 1 aromatic carbocycles. The van der Waals surface area contributed by atoms with E-state index in [1.165, 1.54) is 0 Å². The molecule has 0 unspecified atom stereocenters. The molecule has 0 fully saturated rings. The number of nitrogens with one attached hydrogen (secondary N) is 2. The van der Waals surface area contributed by atoms with Gasteiger partial charge in [0.2, 0.25) is 0 Å². The first-order chi connectivity index (χ1) is 11.1. The number of benzene rings is 1. The summed E-state index contributed by atoms with van der Waals surface area (Å²) in [5, 5.41) is 13.8. The number of urea groups is 1. The van der Waals surface area contributed by atoms with Gasteiger partial charge in [-0.25, -0.2) is 4.79 Å². The van der Waals surface area contributed by atoms with E-state index in [-0.39, 0.29) is 6.03 Å². The molecule has 2 heterocycles. The zero-order valence-corrected chi connectivity index (χ0v) is 13.7. The van der Waals surface area contributed by atoms with Gasteiger partial charge in [0.1, 0.15) is 5.82 Å². The Bertz CT molecular complexity index is 743. The Morgan fingerprint density at radius 1 is 1.35 bits per heavy atom. The molecular weight excluding hydrogens is 314 g/mol.